The molecule has 1 aliphatic rings. The molecule has 0 bridgehead atoms. The van der Waals surface area contributed by atoms with Gasteiger partial charge in [0.15, 0.2) is 14.9 Å². The molecule has 0 saturated heterocycles. The summed E-state index contributed by atoms with van der Waals surface area (Å²) in [5.74, 6) is -0.422. The molecule has 0 spiro atoms. The monoisotopic (exact) mass is 360 g/mol. The van der Waals surface area contributed by atoms with E-state index in [0.29, 0.717) is 4.47 Å². The number of pyridine rings is 1. The lowest BCUT2D eigenvalue weighted by Gasteiger charge is -2.11. The molecule has 110 valence electrons. The highest BCUT2D eigenvalue weighted by Gasteiger charge is 2.22. The van der Waals surface area contributed by atoms with Gasteiger partial charge in [-0.25, -0.2) is 13.4 Å². The predicted molar refractivity (Wildman–Crippen MR) is 79.0 cm³/mol. The third-order valence-electron chi connectivity index (χ3n) is 3.34. The molecule has 1 aromatic heterocycles. The smallest absolute Gasteiger partial charge is 0.221 e. The Labute approximate surface area is 127 Å². The molecule has 2 rings (SSSR count). The van der Waals surface area contributed by atoms with E-state index < -0.39 is 9.84 Å². The van der Waals surface area contributed by atoms with Crippen molar-refractivity contribution >= 4 is 31.7 Å². The zero-order chi connectivity index (χ0) is 14.6. The van der Waals surface area contributed by atoms with Gasteiger partial charge in [0.25, 0.3) is 0 Å². The van der Waals surface area contributed by atoms with Crippen molar-refractivity contribution in [3.63, 3.8) is 0 Å². The van der Waals surface area contributed by atoms with Crippen molar-refractivity contribution in [1.82, 2.24) is 10.3 Å². The van der Waals surface area contributed by atoms with Gasteiger partial charge in [-0.15, -0.1) is 0 Å². The van der Waals surface area contributed by atoms with E-state index in [0.717, 1.165) is 25.7 Å². The number of amides is 1. The van der Waals surface area contributed by atoms with Gasteiger partial charge in [0.2, 0.25) is 5.91 Å². The summed E-state index contributed by atoms with van der Waals surface area (Å²) in [6.45, 7) is 0. The van der Waals surface area contributed by atoms with Crippen molar-refractivity contribution < 1.29 is 13.2 Å². The zero-order valence-corrected chi connectivity index (χ0v) is 13.4. The first-order valence-electron chi connectivity index (χ1n) is 6.62. The Hall–Kier alpha value is -0.950. The van der Waals surface area contributed by atoms with Crippen LogP contribution < -0.4 is 5.32 Å². The van der Waals surface area contributed by atoms with E-state index in [1.807, 2.05) is 0 Å². The summed E-state index contributed by atoms with van der Waals surface area (Å²) in [5, 5.41) is 2.88. The van der Waals surface area contributed by atoms with Gasteiger partial charge in [-0.2, -0.15) is 0 Å². The van der Waals surface area contributed by atoms with Crippen LogP contribution in [0.3, 0.4) is 0 Å². The van der Waals surface area contributed by atoms with E-state index in [1.54, 1.807) is 12.1 Å². The van der Waals surface area contributed by atoms with Gasteiger partial charge in [0, 0.05) is 18.7 Å². The van der Waals surface area contributed by atoms with E-state index in [-0.39, 0.29) is 29.1 Å². The third kappa shape index (κ3) is 4.02. The summed E-state index contributed by atoms with van der Waals surface area (Å²) in [5.41, 5.74) is 0. The number of sulfone groups is 1. The summed E-state index contributed by atoms with van der Waals surface area (Å²) < 4.78 is 24.7. The van der Waals surface area contributed by atoms with E-state index in [2.05, 4.69) is 26.2 Å². The number of nitrogens with zero attached hydrogens (tertiary/aromatic N) is 1. The molecular formula is C13H17BrN2O3S. The number of rotatable bonds is 5. The maximum absolute atomic E-state index is 12.1. The second-order valence-electron chi connectivity index (χ2n) is 4.91. The normalized spacial score (nSPS) is 16.2. The maximum atomic E-state index is 12.1. The van der Waals surface area contributed by atoms with Crippen molar-refractivity contribution in [2.24, 2.45) is 0 Å². The lowest BCUT2D eigenvalue weighted by atomic mass is 10.2. The van der Waals surface area contributed by atoms with Crippen LogP contribution in [0.15, 0.2) is 27.8 Å². The van der Waals surface area contributed by atoms with Crippen LogP contribution in [-0.4, -0.2) is 31.1 Å². The Bertz CT molecular complexity index is 583. The minimum absolute atomic E-state index is 0.00586. The highest BCUT2D eigenvalue weighted by Crippen LogP contribution is 2.21. The standard InChI is InChI=1S/C13H17BrN2O3S/c14-11-6-3-8-15-13(11)20(18,19)9-7-12(17)16-10-4-1-2-5-10/h3,6,8,10H,1-2,4-5,7,9H2,(H,16,17). The van der Waals surface area contributed by atoms with Crippen molar-refractivity contribution in [3.05, 3.63) is 22.8 Å². The Kier molecular flexibility index (Phi) is 5.15. The fourth-order valence-electron chi connectivity index (χ4n) is 2.29. The highest BCUT2D eigenvalue weighted by molar-refractivity contribution is 9.10. The molecule has 0 radical (unpaired) electrons. The molecule has 0 unspecified atom stereocenters. The summed E-state index contributed by atoms with van der Waals surface area (Å²) in [6, 6.07) is 3.49. The molecule has 1 amide bonds. The van der Waals surface area contributed by atoms with Crippen molar-refractivity contribution in [2.75, 3.05) is 5.75 Å². The van der Waals surface area contributed by atoms with Crippen LogP contribution in [-0.2, 0) is 14.6 Å². The average Bonchev–Trinajstić information content (AvgIpc) is 2.90. The molecular weight excluding hydrogens is 344 g/mol. The van der Waals surface area contributed by atoms with Crippen molar-refractivity contribution in [3.8, 4) is 0 Å². The van der Waals surface area contributed by atoms with Crippen LogP contribution in [0.4, 0.5) is 0 Å². The lowest BCUT2D eigenvalue weighted by molar-refractivity contribution is -0.121. The summed E-state index contributed by atoms with van der Waals surface area (Å²) >= 11 is 3.17. The quantitative estimate of drug-likeness (QED) is 0.871. The summed E-state index contributed by atoms with van der Waals surface area (Å²) in [7, 11) is -3.54. The average molecular weight is 361 g/mol. The first-order chi connectivity index (χ1) is 9.49. The molecule has 20 heavy (non-hydrogen) atoms. The number of hydrogen-bond acceptors (Lipinski definition) is 4. The number of aromatic nitrogens is 1. The Morgan fingerprint density at radius 2 is 2.10 bits per heavy atom. The molecule has 7 heteroatoms. The van der Waals surface area contributed by atoms with Crippen LogP contribution in [0.5, 0.6) is 0 Å². The van der Waals surface area contributed by atoms with Crippen LogP contribution in [0, 0.1) is 0 Å². The fraction of sp³-hybridized carbons (Fsp3) is 0.538. The molecule has 1 saturated carbocycles. The number of halogens is 1. The maximum Gasteiger partial charge on any atom is 0.221 e. The SMILES string of the molecule is O=C(CCS(=O)(=O)c1ncccc1Br)NC1CCCC1. The number of nitrogens with one attached hydrogen (secondary N) is 1. The zero-order valence-electron chi connectivity index (χ0n) is 11.0. The van der Waals surface area contributed by atoms with Gasteiger partial charge in [-0.1, -0.05) is 12.8 Å². The number of hydrogen-bond donors (Lipinski definition) is 1. The van der Waals surface area contributed by atoms with Gasteiger partial charge in [-0.05, 0) is 40.9 Å². The molecule has 0 aliphatic heterocycles. The lowest BCUT2D eigenvalue weighted by Crippen LogP contribution is -2.33. The van der Waals surface area contributed by atoms with E-state index in [1.165, 1.54) is 6.20 Å². The molecule has 1 N–H and O–H groups in total. The molecule has 5 nitrogen and oxygen atoms in total. The Balaban J connectivity index is 1.92. The first-order valence-corrected chi connectivity index (χ1v) is 9.06. The minimum Gasteiger partial charge on any atom is -0.353 e. The van der Waals surface area contributed by atoms with Gasteiger partial charge >= 0.3 is 0 Å². The molecule has 1 heterocycles. The predicted octanol–water partition coefficient (Wildman–Crippen LogP) is 2.07. The fourth-order valence-corrected chi connectivity index (χ4v) is 4.52. The molecule has 0 atom stereocenters. The van der Waals surface area contributed by atoms with Crippen molar-refractivity contribution in [2.45, 2.75) is 43.2 Å². The Morgan fingerprint density at radius 3 is 2.75 bits per heavy atom. The topological polar surface area (TPSA) is 76.1 Å². The summed E-state index contributed by atoms with van der Waals surface area (Å²) in [4.78, 5) is 15.6. The van der Waals surface area contributed by atoms with Crippen molar-refractivity contribution in [1.29, 1.82) is 0 Å². The van der Waals surface area contributed by atoms with Gasteiger partial charge < -0.3 is 5.32 Å². The molecule has 1 fully saturated rings. The third-order valence-corrected chi connectivity index (χ3v) is 5.90. The molecule has 0 aromatic carbocycles. The molecule has 1 aliphatic carbocycles. The van der Waals surface area contributed by atoms with Gasteiger partial charge in [0.05, 0.1) is 10.2 Å². The van der Waals surface area contributed by atoms with E-state index >= 15 is 0 Å². The van der Waals surface area contributed by atoms with E-state index in [9.17, 15) is 13.2 Å². The van der Waals surface area contributed by atoms with Crippen LogP contribution in [0.2, 0.25) is 0 Å². The molecule has 1 aromatic rings. The largest absolute Gasteiger partial charge is 0.353 e. The highest BCUT2D eigenvalue weighted by atomic mass is 79.9. The second kappa shape index (κ2) is 6.67. The number of carbonyl (C=O) groups is 1. The summed E-state index contributed by atoms with van der Waals surface area (Å²) in [6.07, 6.45) is 5.64. The number of carbonyl (C=O) groups excluding carboxylic acids is 1. The van der Waals surface area contributed by atoms with Crippen LogP contribution in [0.1, 0.15) is 32.1 Å². The van der Waals surface area contributed by atoms with Gasteiger partial charge in [-0.3, -0.25) is 4.79 Å². The van der Waals surface area contributed by atoms with E-state index in [4.69, 9.17) is 0 Å². The van der Waals surface area contributed by atoms with Crippen LogP contribution >= 0.6 is 15.9 Å². The Morgan fingerprint density at radius 1 is 1.40 bits per heavy atom. The second-order valence-corrected chi connectivity index (χ2v) is 7.79. The first kappa shape index (κ1) is 15.4. The van der Waals surface area contributed by atoms with Crippen LogP contribution in [0.25, 0.3) is 0 Å². The minimum atomic E-state index is -3.54. The van der Waals surface area contributed by atoms with Gasteiger partial charge in [0.1, 0.15) is 0 Å².